The van der Waals surface area contributed by atoms with Gasteiger partial charge in [0.2, 0.25) is 0 Å². The summed E-state index contributed by atoms with van der Waals surface area (Å²) < 4.78 is 2.23. The molecule has 0 bridgehead atoms. The molecule has 1 atom stereocenters. The van der Waals surface area contributed by atoms with Crippen molar-refractivity contribution >= 4 is 22.9 Å². The van der Waals surface area contributed by atoms with Gasteiger partial charge in [-0.05, 0) is 24.4 Å². The zero-order chi connectivity index (χ0) is 13.7. The molecule has 2 aromatic heterocycles. The summed E-state index contributed by atoms with van der Waals surface area (Å²) in [7, 11) is 0. The van der Waals surface area contributed by atoms with Gasteiger partial charge in [0.15, 0.2) is 0 Å². The second kappa shape index (κ2) is 7.08. The second-order valence-corrected chi connectivity index (χ2v) is 5.84. The van der Waals surface area contributed by atoms with Crippen molar-refractivity contribution in [3.63, 3.8) is 0 Å². The first-order chi connectivity index (χ1) is 9.26. The highest BCUT2D eigenvalue weighted by Crippen LogP contribution is 2.30. The lowest BCUT2D eigenvalue weighted by molar-refractivity contribution is 0.522. The maximum Gasteiger partial charge on any atom is 0.110 e. The predicted octanol–water partition coefficient (Wildman–Crippen LogP) is 3.90. The van der Waals surface area contributed by atoms with Gasteiger partial charge in [-0.25, -0.2) is 4.98 Å². The largest absolute Gasteiger partial charge is 0.335 e. The number of hydrogen-bond donors (Lipinski definition) is 1. The Kier molecular flexibility index (Phi) is 5.43. The molecule has 0 fully saturated rings. The molecule has 0 amide bonds. The molecule has 1 N–H and O–H groups in total. The van der Waals surface area contributed by atoms with Crippen LogP contribution in [0.15, 0.2) is 23.8 Å². The molecule has 0 saturated carbocycles. The molecule has 3 nitrogen and oxygen atoms in total. The number of aryl methyl sites for hydroxylation is 1. The van der Waals surface area contributed by atoms with Crippen molar-refractivity contribution in [2.45, 2.75) is 39.3 Å². The van der Waals surface area contributed by atoms with E-state index in [9.17, 15) is 0 Å². The van der Waals surface area contributed by atoms with Crippen molar-refractivity contribution in [1.82, 2.24) is 14.9 Å². The maximum absolute atomic E-state index is 6.25. The van der Waals surface area contributed by atoms with Crippen LogP contribution in [-0.4, -0.2) is 16.1 Å². The van der Waals surface area contributed by atoms with Gasteiger partial charge < -0.3 is 9.88 Å². The number of nitrogens with one attached hydrogen (secondary N) is 1. The first kappa shape index (κ1) is 14.6. The van der Waals surface area contributed by atoms with Crippen molar-refractivity contribution in [3.8, 4) is 0 Å². The summed E-state index contributed by atoms with van der Waals surface area (Å²) in [6.07, 6.45) is 5.93. The van der Waals surface area contributed by atoms with Crippen LogP contribution in [-0.2, 0) is 13.0 Å². The standard InChI is InChI=1S/C14H20ClN3S/c1-3-7-18-8-6-17-13(18)10-12(16-4-2)14-11(15)5-9-19-14/h5-6,8-9,12,16H,3-4,7,10H2,1-2H3. The van der Waals surface area contributed by atoms with Crippen LogP contribution in [0.3, 0.4) is 0 Å². The molecule has 1 unspecified atom stereocenters. The fourth-order valence-corrected chi connectivity index (χ4v) is 3.48. The zero-order valence-corrected chi connectivity index (χ0v) is 13.0. The number of rotatable bonds is 7. The monoisotopic (exact) mass is 297 g/mol. The number of nitrogens with zero attached hydrogens (tertiary/aromatic N) is 2. The molecule has 2 rings (SSSR count). The molecular weight excluding hydrogens is 278 g/mol. The zero-order valence-electron chi connectivity index (χ0n) is 11.4. The molecule has 5 heteroatoms. The van der Waals surface area contributed by atoms with E-state index in [2.05, 4.69) is 34.9 Å². The van der Waals surface area contributed by atoms with Gasteiger partial charge in [0, 0.05) is 30.2 Å². The minimum atomic E-state index is 0.246. The lowest BCUT2D eigenvalue weighted by atomic mass is 10.1. The van der Waals surface area contributed by atoms with E-state index in [0.717, 1.165) is 36.8 Å². The lowest BCUT2D eigenvalue weighted by Gasteiger charge is -2.17. The number of hydrogen-bond acceptors (Lipinski definition) is 3. The fourth-order valence-electron chi connectivity index (χ4n) is 2.22. The van der Waals surface area contributed by atoms with Crippen LogP contribution in [0.5, 0.6) is 0 Å². The summed E-state index contributed by atoms with van der Waals surface area (Å²) in [6.45, 7) is 6.24. The van der Waals surface area contributed by atoms with Crippen molar-refractivity contribution in [2.24, 2.45) is 0 Å². The van der Waals surface area contributed by atoms with Crippen LogP contribution < -0.4 is 5.32 Å². The lowest BCUT2D eigenvalue weighted by Crippen LogP contribution is -2.23. The minimum Gasteiger partial charge on any atom is -0.335 e. The first-order valence-electron chi connectivity index (χ1n) is 6.72. The van der Waals surface area contributed by atoms with Gasteiger partial charge in [0.05, 0.1) is 11.1 Å². The Labute approximate surface area is 123 Å². The van der Waals surface area contributed by atoms with Crippen LogP contribution in [0.25, 0.3) is 0 Å². The number of aromatic nitrogens is 2. The molecule has 0 spiro atoms. The van der Waals surface area contributed by atoms with Gasteiger partial charge in [0.1, 0.15) is 5.82 Å². The second-order valence-electron chi connectivity index (χ2n) is 4.48. The topological polar surface area (TPSA) is 29.9 Å². The summed E-state index contributed by atoms with van der Waals surface area (Å²) >= 11 is 7.96. The average molecular weight is 298 g/mol. The van der Waals surface area contributed by atoms with Crippen LogP contribution in [0, 0.1) is 0 Å². The Hall–Kier alpha value is -0.840. The summed E-state index contributed by atoms with van der Waals surface area (Å²) in [6, 6.07) is 2.21. The van der Waals surface area contributed by atoms with Gasteiger partial charge in [0.25, 0.3) is 0 Å². The molecule has 0 radical (unpaired) electrons. The fraction of sp³-hybridized carbons (Fsp3) is 0.500. The smallest absolute Gasteiger partial charge is 0.110 e. The Morgan fingerprint density at radius 3 is 2.95 bits per heavy atom. The molecule has 0 saturated heterocycles. The van der Waals surface area contributed by atoms with E-state index >= 15 is 0 Å². The first-order valence-corrected chi connectivity index (χ1v) is 7.98. The van der Waals surface area contributed by atoms with Gasteiger partial charge >= 0.3 is 0 Å². The normalized spacial score (nSPS) is 12.8. The van der Waals surface area contributed by atoms with Gasteiger partial charge in [-0.2, -0.15) is 0 Å². The summed E-state index contributed by atoms with van der Waals surface area (Å²) in [5.74, 6) is 1.12. The highest BCUT2D eigenvalue weighted by Gasteiger charge is 2.18. The number of thiophene rings is 1. The molecule has 0 aliphatic rings. The minimum absolute atomic E-state index is 0.246. The third-order valence-corrected chi connectivity index (χ3v) is 4.54. The average Bonchev–Trinajstić information content (AvgIpc) is 2.99. The van der Waals surface area contributed by atoms with E-state index in [1.165, 1.54) is 4.88 Å². The van der Waals surface area contributed by atoms with Crippen LogP contribution in [0.2, 0.25) is 5.02 Å². The van der Waals surface area contributed by atoms with Gasteiger partial charge in [-0.1, -0.05) is 25.4 Å². The van der Waals surface area contributed by atoms with E-state index in [1.54, 1.807) is 11.3 Å². The third-order valence-electron chi connectivity index (χ3n) is 3.06. The molecule has 0 aliphatic carbocycles. The number of imidazole rings is 1. The SMILES string of the molecule is CCCn1ccnc1CC(NCC)c1sccc1Cl. The Morgan fingerprint density at radius 1 is 1.47 bits per heavy atom. The molecular formula is C14H20ClN3S. The molecule has 104 valence electrons. The van der Waals surface area contributed by atoms with E-state index < -0.39 is 0 Å². The highest BCUT2D eigenvalue weighted by molar-refractivity contribution is 7.10. The number of halogens is 1. The van der Waals surface area contributed by atoms with E-state index in [-0.39, 0.29) is 6.04 Å². The van der Waals surface area contributed by atoms with Gasteiger partial charge in [-0.15, -0.1) is 11.3 Å². The third kappa shape index (κ3) is 3.59. The van der Waals surface area contributed by atoms with Crippen molar-refractivity contribution < 1.29 is 0 Å². The Bertz CT molecular complexity index is 506. The summed E-state index contributed by atoms with van der Waals surface area (Å²) in [4.78, 5) is 5.68. The van der Waals surface area contributed by atoms with Crippen molar-refractivity contribution in [3.05, 3.63) is 39.6 Å². The predicted molar refractivity (Wildman–Crippen MR) is 82.0 cm³/mol. The van der Waals surface area contributed by atoms with Crippen LogP contribution >= 0.6 is 22.9 Å². The summed E-state index contributed by atoms with van der Waals surface area (Å²) in [5, 5.41) is 6.40. The van der Waals surface area contributed by atoms with E-state index in [4.69, 9.17) is 11.6 Å². The van der Waals surface area contributed by atoms with Gasteiger partial charge in [-0.3, -0.25) is 0 Å². The highest BCUT2D eigenvalue weighted by atomic mass is 35.5. The Morgan fingerprint density at radius 2 is 2.32 bits per heavy atom. The Balaban J connectivity index is 2.17. The summed E-state index contributed by atoms with van der Waals surface area (Å²) in [5.41, 5.74) is 0. The molecule has 0 aliphatic heterocycles. The maximum atomic E-state index is 6.25. The van der Waals surface area contributed by atoms with Crippen molar-refractivity contribution in [2.75, 3.05) is 6.54 Å². The van der Waals surface area contributed by atoms with Crippen LogP contribution in [0.1, 0.15) is 37.0 Å². The molecule has 0 aromatic carbocycles. The molecule has 19 heavy (non-hydrogen) atoms. The van der Waals surface area contributed by atoms with Crippen molar-refractivity contribution in [1.29, 1.82) is 0 Å². The molecule has 2 aromatic rings. The molecule has 2 heterocycles. The van der Waals surface area contributed by atoms with E-state index in [0.29, 0.717) is 0 Å². The quantitative estimate of drug-likeness (QED) is 0.840. The van der Waals surface area contributed by atoms with E-state index in [1.807, 2.05) is 17.6 Å². The number of likely N-dealkylation sites (N-methyl/N-ethyl adjacent to an activating group) is 1. The van der Waals surface area contributed by atoms with Crippen LogP contribution in [0.4, 0.5) is 0 Å².